The molecule has 0 aliphatic carbocycles. The van der Waals surface area contributed by atoms with Crippen molar-refractivity contribution in [3.63, 3.8) is 0 Å². The highest BCUT2D eigenvalue weighted by Gasteiger charge is 2.30. The molecule has 1 aromatic carbocycles. The van der Waals surface area contributed by atoms with Crippen LogP contribution in [0.3, 0.4) is 0 Å². The summed E-state index contributed by atoms with van der Waals surface area (Å²) in [6.07, 6.45) is -3.36. The first-order valence-electron chi connectivity index (χ1n) is 6.10. The number of likely N-dealkylation sites (N-methyl/N-ethyl adjacent to an activating group) is 1. The molecule has 0 saturated carbocycles. The molecule has 1 aromatic rings. The monoisotopic (exact) mass is 289 g/mol. The number of hydrogen-bond acceptors (Lipinski definition) is 3. The van der Waals surface area contributed by atoms with E-state index < -0.39 is 17.8 Å². The minimum absolute atomic E-state index is 0.0207. The van der Waals surface area contributed by atoms with Gasteiger partial charge in [0.05, 0.1) is 5.56 Å². The lowest BCUT2D eigenvalue weighted by atomic mass is 10.2. The van der Waals surface area contributed by atoms with Crippen LogP contribution in [0.5, 0.6) is 5.75 Å². The lowest BCUT2D eigenvalue weighted by Crippen LogP contribution is -2.33. The summed E-state index contributed by atoms with van der Waals surface area (Å²) in [6.45, 7) is 4.64. The molecule has 6 heteroatoms. The summed E-state index contributed by atoms with van der Waals surface area (Å²) in [5.74, 6) is 0.295. The predicted molar refractivity (Wildman–Crippen MR) is 70.6 cm³/mol. The standard InChI is InChI=1S/C14H18F3NO2/c1-3-8-18(2)9-12(19)10-20-13-6-4-11(5-7-13)14(15,16)17/h3-7,12,19H,1,8-10H2,2H3. The van der Waals surface area contributed by atoms with Gasteiger partial charge >= 0.3 is 6.18 Å². The van der Waals surface area contributed by atoms with Crippen molar-refractivity contribution in [1.29, 1.82) is 0 Å². The third-order valence-corrected chi connectivity index (χ3v) is 2.59. The largest absolute Gasteiger partial charge is 0.491 e. The van der Waals surface area contributed by atoms with Crippen molar-refractivity contribution in [2.24, 2.45) is 0 Å². The van der Waals surface area contributed by atoms with E-state index in [4.69, 9.17) is 4.74 Å². The van der Waals surface area contributed by atoms with E-state index in [0.717, 1.165) is 12.1 Å². The van der Waals surface area contributed by atoms with Gasteiger partial charge in [0.25, 0.3) is 0 Å². The average molecular weight is 289 g/mol. The van der Waals surface area contributed by atoms with Crippen LogP contribution in [-0.4, -0.2) is 42.9 Å². The van der Waals surface area contributed by atoms with Gasteiger partial charge in [-0.3, -0.25) is 0 Å². The Bertz CT molecular complexity index is 417. The van der Waals surface area contributed by atoms with Crippen molar-refractivity contribution in [2.45, 2.75) is 12.3 Å². The number of rotatable bonds is 7. The number of alkyl halides is 3. The minimum atomic E-state index is -4.36. The summed E-state index contributed by atoms with van der Waals surface area (Å²) < 4.78 is 42.3. The maximum absolute atomic E-state index is 12.4. The molecule has 0 heterocycles. The van der Waals surface area contributed by atoms with Crippen LogP contribution in [0.1, 0.15) is 5.56 Å². The third kappa shape index (κ3) is 5.63. The predicted octanol–water partition coefficient (Wildman–Crippen LogP) is 2.56. The molecular weight excluding hydrogens is 271 g/mol. The van der Waals surface area contributed by atoms with Gasteiger partial charge in [-0.2, -0.15) is 13.2 Å². The van der Waals surface area contributed by atoms with Gasteiger partial charge in [0, 0.05) is 13.1 Å². The van der Waals surface area contributed by atoms with Crippen LogP contribution < -0.4 is 4.74 Å². The maximum Gasteiger partial charge on any atom is 0.416 e. The van der Waals surface area contributed by atoms with E-state index >= 15 is 0 Å². The Morgan fingerprint density at radius 3 is 2.45 bits per heavy atom. The zero-order valence-corrected chi connectivity index (χ0v) is 11.2. The molecule has 0 aromatic heterocycles. The highest BCUT2D eigenvalue weighted by atomic mass is 19.4. The molecule has 1 unspecified atom stereocenters. The molecule has 1 rings (SSSR count). The maximum atomic E-state index is 12.4. The smallest absolute Gasteiger partial charge is 0.416 e. The summed E-state index contributed by atoms with van der Waals surface area (Å²) in [4.78, 5) is 1.85. The Morgan fingerprint density at radius 1 is 1.35 bits per heavy atom. The van der Waals surface area contributed by atoms with Crippen LogP contribution in [0.2, 0.25) is 0 Å². The number of hydrogen-bond donors (Lipinski definition) is 1. The number of nitrogens with zero attached hydrogens (tertiary/aromatic N) is 1. The first kappa shape index (κ1) is 16.5. The fourth-order valence-corrected chi connectivity index (χ4v) is 1.64. The van der Waals surface area contributed by atoms with Crippen molar-refractivity contribution in [3.05, 3.63) is 42.5 Å². The van der Waals surface area contributed by atoms with E-state index in [2.05, 4.69) is 6.58 Å². The van der Waals surface area contributed by atoms with Crippen LogP contribution in [0, 0.1) is 0 Å². The van der Waals surface area contributed by atoms with E-state index in [1.54, 1.807) is 6.08 Å². The van der Waals surface area contributed by atoms with Crippen molar-refractivity contribution in [1.82, 2.24) is 4.90 Å². The van der Waals surface area contributed by atoms with E-state index in [-0.39, 0.29) is 6.61 Å². The Hall–Kier alpha value is -1.53. The zero-order valence-electron chi connectivity index (χ0n) is 11.2. The lowest BCUT2D eigenvalue weighted by molar-refractivity contribution is -0.137. The molecule has 0 fully saturated rings. The lowest BCUT2D eigenvalue weighted by Gasteiger charge is -2.19. The fourth-order valence-electron chi connectivity index (χ4n) is 1.64. The molecule has 1 N–H and O–H groups in total. The number of aliphatic hydroxyl groups excluding tert-OH is 1. The van der Waals surface area contributed by atoms with E-state index in [9.17, 15) is 18.3 Å². The summed E-state index contributed by atoms with van der Waals surface area (Å²) in [6, 6.07) is 4.38. The summed E-state index contributed by atoms with van der Waals surface area (Å²) in [7, 11) is 1.82. The molecular formula is C14H18F3NO2. The summed E-state index contributed by atoms with van der Waals surface area (Å²) >= 11 is 0. The average Bonchev–Trinajstić information content (AvgIpc) is 2.36. The second-order valence-corrected chi connectivity index (χ2v) is 4.50. The number of benzene rings is 1. The minimum Gasteiger partial charge on any atom is -0.491 e. The van der Waals surface area contributed by atoms with E-state index in [0.29, 0.717) is 18.8 Å². The molecule has 112 valence electrons. The van der Waals surface area contributed by atoms with Crippen molar-refractivity contribution >= 4 is 0 Å². The van der Waals surface area contributed by atoms with Gasteiger partial charge in [-0.05, 0) is 31.3 Å². The molecule has 1 atom stereocenters. The summed E-state index contributed by atoms with van der Waals surface area (Å²) in [5.41, 5.74) is -0.726. The van der Waals surface area contributed by atoms with Gasteiger partial charge in [0.15, 0.2) is 0 Å². The van der Waals surface area contributed by atoms with Gasteiger partial charge in [0.2, 0.25) is 0 Å². The van der Waals surface area contributed by atoms with Crippen LogP contribution >= 0.6 is 0 Å². The van der Waals surface area contributed by atoms with Crippen molar-refractivity contribution < 1.29 is 23.0 Å². The Balaban J connectivity index is 2.44. The van der Waals surface area contributed by atoms with Crippen molar-refractivity contribution in [3.8, 4) is 5.75 Å². The third-order valence-electron chi connectivity index (χ3n) is 2.59. The van der Waals surface area contributed by atoms with Gasteiger partial charge in [-0.15, -0.1) is 6.58 Å². The van der Waals surface area contributed by atoms with Crippen LogP contribution in [0.25, 0.3) is 0 Å². The Kier molecular flexibility index (Phi) is 6.04. The molecule has 0 saturated heterocycles. The summed E-state index contributed by atoms with van der Waals surface area (Å²) in [5, 5.41) is 9.71. The highest BCUT2D eigenvalue weighted by molar-refractivity contribution is 5.28. The first-order chi connectivity index (χ1) is 9.32. The molecule has 0 amide bonds. The van der Waals surface area contributed by atoms with Crippen LogP contribution in [0.4, 0.5) is 13.2 Å². The highest BCUT2D eigenvalue weighted by Crippen LogP contribution is 2.30. The van der Waals surface area contributed by atoms with Crippen LogP contribution in [0.15, 0.2) is 36.9 Å². The van der Waals surface area contributed by atoms with Gasteiger partial charge < -0.3 is 14.7 Å². The van der Waals surface area contributed by atoms with Crippen LogP contribution in [-0.2, 0) is 6.18 Å². The molecule has 0 aliphatic rings. The van der Waals surface area contributed by atoms with Gasteiger partial charge in [-0.1, -0.05) is 6.08 Å². The topological polar surface area (TPSA) is 32.7 Å². The molecule has 0 radical (unpaired) electrons. The molecule has 20 heavy (non-hydrogen) atoms. The number of aliphatic hydroxyl groups is 1. The van der Waals surface area contributed by atoms with Gasteiger partial charge in [0.1, 0.15) is 18.5 Å². The van der Waals surface area contributed by atoms with E-state index in [1.165, 1.54) is 12.1 Å². The zero-order chi connectivity index (χ0) is 15.2. The molecule has 0 aliphatic heterocycles. The normalized spacial score (nSPS) is 13.3. The molecule has 0 bridgehead atoms. The first-order valence-corrected chi connectivity index (χ1v) is 6.10. The fraction of sp³-hybridized carbons (Fsp3) is 0.429. The van der Waals surface area contributed by atoms with Gasteiger partial charge in [-0.25, -0.2) is 0 Å². The number of ether oxygens (including phenoxy) is 1. The SMILES string of the molecule is C=CCN(C)CC(O)COc1ccc(C(F)(F)F)cc1. The number of halogens is 3. The molecule has 0 spiro atoms. The van der Waals surface area contributed by atoms with Crippen molar-refractivity contribution in [2.75, 3.05) is 26.7 Å². The van der Waals surface area contributed by atoms with E-state index in [1.807, 2.05) is 11.9 Å². The Morgan fingerprint density at radius 2 is 1.95 bits per heavy atom. The Labute approximate surface area is 116 Å². The molecule has 3 nitrogen and oxygen atoms in total. The quantitative estimate of drug-likeness (QED) is 0.783. The second-order valence-electron chi connectivity index (χ2n) is 4.50. The second kappa shape index (κ2) is 7.31.